The number of hydrogen-bond acceptors (Lipinski definition) is 6. The Balaban J connectivity index is 1.71. The van der Waals surface area contributed by atoms with Crippen LogP contribution in [0.1, 0.15) is 24.5 Å². The van der Waals surface area contributed by atoms with Crippen molar-refractivity contribution in [3.63, 3.8) is 0 Å². The lowest BCUT2D eigenvalue weighted by atomic mass is 10.1. The summed E-state index contributed by atoms with van der Waals surface area (Å²) in [5.74, 6) is 0.516. The van der Waals surface area contributed by atoms with Crippen molar-refractivity contribution >= 4 is 21.6 Å². The van der Waals surface area contributed by atoms with Crippen LogP contribution in [0.3, 0.4) is 0 Å². The number of aromatic nitrogens is 3. The Morgan fingerprint density at radius 3 is 2.05 bits per heavy atom. The van der Waals surface area contributed by atoms with E-state index < -0.39 is 15.7 Å². The summed E-state index contributed by atoms with van der Waals surface area (Å²) in [6, 6.07) is 28.8. The molecule has 0 aliphatic heterocycles. The number of aromatic amines is 1. The van der Waals surface area contributed by atoms with Crippen LogP contribution >= 0.6 is 11.6 Å². The SMILES string of the molecule is CCCN(C)S(=O)(=O)c1cc(-c2n[nH]c(=O)n2-c2ccccc2Cl)c(OCc2ccccc2)cc1OCc1ccccc1. The molecule has 0 spiro atoms. The molecule has 1 aromatic heterocycles. The zero-order chi connectivity index (χ0) is 30.4. The second-order valence-corrected chi connectivity index (χ2v) is 12.2. The maximum absolute atomic E-state index is 13.9. The fourth-order valence-corrected chi connectivity index (χ4v) is 6.18. The fourth-order valence-electron chi connectivity index (χ4n) is 4.56. The molecule has 5 aromatic rings. The van der Waals surface area contributed by atoms with Gasteiger partial charge in [-0.15, -0.1) is 0 Å². The summed E-state index contributed by atoms with van der Waals surface area (Å²) < 4.78 is 42.9. The molecule has 43 heavy (non-hydrogen) atoms. The van der Waals surface area contributed by atoms with E-state index in [1.54, 1.807) is 30.3 Å². The van der Waals surface area contributed by atoms with Gasteiger partial charge in [0.05, 0.1) is 16.3 Å². The lowest BCUT2D eigenvalue weighted by Gasteiger charge is -2.21. The number of sulfonamides is 1. The lowest BCUT2D eigenvalue weighted by Crippen LogP contribution is -2.28. The molecule has 0 saturated carbocycles. The Morgan fingerprint density at radius 1 is 0.860 bits per heavy atom. The molecule has 11 heteroatoms. The molecule has 1 N–H and O–H groups in total. The first-order valence-corrected chi connectivity index (χ1v) is 15.5. The Kier molecular flexibility index (Phi) is 9.30. The minimum atomic E-state index is -4.03. The topological polar surface area (TPSA) is 107 Å². The highest BCUT2D eigenvalue weighted by Crippen LogP contribution is 2.40. The molecule has 5 rings (SSSR count). The zero-order valence-corrected chi connectivity index (χ0v) is 25.3. The predicted octanol–water partition coefficient (Wildman–Crippen LogP) is 6.07. The van der Waals surface area contributed by atoms with E-state index in [0.29, 0.717) is 23.7 Å². The molecule has 0 bridgehead atoms. The summed E-state index contributed by atoms with van der Waals surface area (Å²) in [5.41, 5.74) is 1.86. The van der Waals surface area contributed by atoms with Crippen LogP contribution in [0.5, 0.6) is 11.5 Å². The Bertz CT molecular complexity index is 1860. The van der Waals surface area contributed by atoms with E-state index in [2.05, 4.69) is 10.2 Å². The van der Waals surface area contributed by atoms with Gasteiger partial charge < -0.3 is 9.47 Å². The highest BCUT2D eigenvalue weighted by Gasteiger charge is 2.29. The number of benzene rings is 4. The van der Waals surface area contributed by atoms with Crippen LogP contribution in [-0.2, 0) is 23.2 Å². The fraction of sp³-hybridized carbons (Fsp3) is 0.188. The number of nitrogens with one attached hydrogen (secondary N) is 1. The number of rotatable bonds is 12. The molecular formula is C32H31ClN4O5S. The van der Waals surface area contributed by atoms with Crippen LogP contribution in [0.4, 0.5) is 0 Å². The average Bonchev–Trinajstić information content (AvgIpc) is 3.40. The van der Waals surface area contributed by atoms with Gasteiger partial charge >= 0.3 is 5.69 Å². The summed E-state index contributed by atoms with van der Waals surface area (Å²) in [6.45, 7) is 2.51. The van der Waals surface area contributed by atoms with Crippen molar-refractivity contribution in [3.05, 3.63) is 124 Å². The van der Waals surface area contributed by atoms with Crippen LogP contribution in [0.2, 0.25) is 5.02 Å². The highest BCUT2D eigenvalue weighted by molar-refractivity contribution is 7.89. The summed E-state index contributed by atoms with van der Waals surface area (Å²) in [4.78, 5) is 13.0. The van der Waals surface area contributed by atoms with E-state index in [-0.39, 0.29) is 41.0 Å². The minimum absolute atomic E-state index is 0.0809. The van der Waals surface area contributed by atoms with Gasteiger partial charge in [0.2, 0.25) is 10.0 Å². The van der Waals surface area contributed by atoms with Crippen molar-refractivity contribution in [2.75, 3.05) is 13.6 Å². The maximum Gasteiger partial charge on any atom is 0.348 e. The molecule has 9 nitrogen and oxygen atoms in total. The largest absolute Gasteiger partial charge is 0.488 e. The van der Waals surface area contributed by atoms with Crippen LogP contribution in [0.15, 0.2) is 107 Å². The van der Waals surface area contributed by atoms with Crippen LogP contribution in [0, 0.1) is 0 Å². The van der Waals surface area contributed by atoms with Crippen LogP contribution in [-0.4, -0.2) is 41.1 Å². The lowest BCUT2D eigenvalue weighted by molar-refractivity contribution is 0.284. The molecule has 222 valence electrons. The first kappa shape index (κ1) is 30.1. The molecule has 0 aliphatic carbocycles. The monoisotopic (exact) mass is 618 g/mol. The molecule has 0 radical (unpaired) electrons. The highest BCUT2D eigenvalue weighted by atomic mass is 35.5. The Morgan fingerprint density at radius 2 is 1.44 bits per heavy atom. The Hall–Kier alpha value is -4.38. The average molecular weight is 619 g/mol. The van der Waals surface area contributed by atoms with Gasteiger partial charge in [0.15, 0.2) is 5.82 Å². The number of hydrogen-bond donors (Lipinski definition) is 1. The third-order valence-electron chi connectivity index (χ3n) is 6.75. The van der Waals surface area contributed by atoms with Gasteiger partial charge in [0, 0.05) is 19.7 Å². The standard InChI is InChI=1S/C32H31ClN4O5S/c1-3-18-36(2)43(39,40)30-19-25(31-34-35-32(38)37(31)27-17-11-10-16-26(27)33)28(41-21-23-12-6-4-7-13-23)20-29(30)42-22-24-14-8-5-9-15-24/h4-17,19-20H,3,18,21-22H2,1-2H3,(H,35,38). The predicted molar refractivity (Wildman–Crippen MR) is 166 cm³/mol. The van der Waals surface area contributed by atoms with E-state index >= 15 is 0 Å². The number of nitrogens with zero attached hydrogens (tertiary/aromatic N) is 3. The van der Waals surface area contributed by atoms with Crippen molar-refractivity contribution in [2.24, 2.45) is 0 Å². The van der Waals surface area contributed by atoms with Gasteiger partial charge in [-0.25, -0.2) is 27.2 Å². The quantitative estimate of drug-likeness (QED) is 0.182. The van der Waals surface area contributed by atoms with Gasteiger partial charge in [0.25, 0.3) is 0 Å². The van der Waals surface area contributed by atoms with Crippen molar-refractivity contribution in [3.8, 4) is 28.6 Å². The summed E-state index contributed by atoms with van der Waals surface area (Å²) >= 11 is 6.48. The molecule has 0 fully saturated rings. The van der Waals surface area contributed by atoms with E-state index in [0.717, 1.165) is 11.1 Å². The molecule has 0 amide bonds. The third kappa shape index (κ3) is 6.67. The second-order valence-electron chi connectivity index (χ2n) is 9.81. The smallest absolute Gasteiger partial charge is 0.348 e. The van der Waals surface area contributed by atoms with Gasteiger partial charge in [-0.2, -0.15) is 5.10 Å². The number of halogens is 1. The molecule has 0 saturated heterocycles. The molecule has 4 aromatic carbocycles. The van der Waals surface area contributed by atoms with Gasteiger partial charge in [0.1, 0.15) is 29.6 Å². The van der Waals surface area contributed by atoms with E-state index in [1.807, 2.05) is 67.6 Å². The number of H-pyrrole nitrogens is 1. The summed E-state index contributed by atoms with van der Waals surface area (Å²) in [6.07, 6.45) is 0.618. The van der Waals surface area contributed by atoms with Gasteiger partial charge in [-0.05, 0) is 35.7 Å². The molecule has 0 aliphatic rings. The van der Waals surface area contributed by atoms with E-state index in [9.17, 15) is 13.2 Å². The van der Waals surface area contributed by atoms with Gasteiger partial charge in [-0.1, -0.05) is 91.3 Å². The second kappa shape index (κ2) is 13.3. The molecule has 0 unspecified atom stereocenters. The van der Waals surface area contributed by atoms with Crippen molar-refractivity contribution in [1.82, 2.24) is 19.1 Å². The minimum Gasteiger partial charge on any atom is -0.488 e. The van der Waals surface area contributed by atoms with Crippen LogP contribution < -0.4 is 15.2 Å². The van der Waals surface area contributed by atoms with Gasteiger partial charge in [-0.3, -0.25) is 0 Å². The third-order valence-corrected chi connectivity index (χ3v) is 8.95. The van der Waals surface area contributed by atoms with Crippen molar-refractivity contribution in [2.45, 2.75) is 31.5 Å². The van der Waals surface area contributed by atoms with E-state index in [1.165, 1.54) is 22.0 Å². The number of para-hydroxylation sites is 1. The Labute approximate surface area is 255 Å². The summed E-state index contributed by atoms with van der Waals surface area (Å²) in [5, 5.41) is 7.08. The molecular weight excluding hydrogens is 588 g/mol. The number of ether oxygens (including phenoxy) is 2. The van der Waals surface area contributed by atoms with Crippen molar-refractivity contribution in [1.29, 1.82) is 0 Å². The first-order chi connectivity index (χ1) is 20.8. The zero-order valence-electron chi connectivity index (χ0n) is 23.7. The maximum atomic E-state index is 13.9. The van der Waals surface area contributed by atoms with E-state index in [4.69, 9.17) is 21.1 Å². The van der Waals surface area contributed by atoms with Crippen LogP contribution in [0.25, 0.3) is 17.1 Å². The molecule has 0 atom stereocenters. The summed E-state index contributed by atoms with van der Waals surface area (Å²) in [7, 11) is -2.51. The first-order valence-electron chi connectivity index (χ1n) is 13.7. The normalized spacial score (nSPS) is 11.5. The van der Waals surface area contributed by atoms with Crippen molar-refractivity contribution < 1.29 is 17.9 Å². The molecule has 1 heterocycles.